The van der Waals surface area contributed by atoms with Gasteiger partial charge in [0, 0.05) is 36.6 Å². The number of rotatable bonds is 7. The number of nitrogens with one attached hydrogen (secondary N) is 1. The molecule has 1 aliphatic rings. The normalized spacial score (nSPS) is 17.6. The summed E-state index contributed by atoms with van der Waals surface area (Å²) in [5.74, 6) is -0.326. The smallest absolute Gasteiger partial charge is 0.267 e. The van der Waals surface area contributed by atoms with Gasteiger partial charge in [-0.3, -0.25) is 4.79 Å². The fraction of sp³-hybridized carbons (Fsp3) is 0.421. The summed E-state index contributed by atoms with van der Waals surface area (Å²) in [6, 6.07) is 10.8. The van der Waals surface area contributed by atoms with Crippen molar-refractivity contribution in [2.24, 2.45) is 0 Å². The maximum Gasteiger partial charge on any atom is 0.267 e. The highest BCUT2D eigenvalue weighted by molar-refractivity contribution is 8.13. The average molecular weight is 411 g/mol. The van der Waals surface area contributed by atoms with Crippen molar-refractivity contribution in [2.75, 3.05) is 13.2 Å². The molecule has 6 nitrogen and oxygen atoms in total. The van der Waals surface area contributed by atoms with Gasteiger partial charge in [0.15, 0.2) is 0 Å². The SMILES string of the molecule is O=C(NCCC1CCCCO1)c1cc(S(=O)(=O)Cl)cn1Cc1ccccc1. The molecule has 0 aliphatic carbocycles. The Kier molecular flexibility index (Phi) is 6.57. The van der Waals surface area contributed by atoms with Gasteiger partial charge in [0.25, 0.3) is 15.0 Å². The molecule has 1 aromatic carbocycles. The molecule has 1 aliphatic heterocycles. The fourth-order valence-corrected chi connectivity index (χ4v) is 3.95. The predicted molar refractivity (Wildman–Crippen MR) is 104 cm³/mol. The molecule has 1 saturated heterocycles. The lowest BCUT2D eigenvalue weighted by Gasteiger charge is -2.22. The van der Waals surface area contributed by atoms with Gasteiger partial charge in [-0.1, -0.05) is 30.3 Å². The zero-order valence-corrected chi connectivity index (χ0v) is 16.5. The number of carbonyl (C=O) groups is 1. The zero-order valence-electron chi connectivity index (χ0n) is 14.9. The average Bonchev–Trinajstić information content (AvgIpc) is 3.08. The van der Waals surface area contributed by atoms with Gasteiger partial charge in [0.05, 0.1) is 6.10 Å². The number of hydrogen-bond acceptors (Lipinski definition) is 4. The number of nitrogens with zero attached hydrogens (tertiary/aromatic N) is 1. The van der Waals surface area contributed by atoms with Gasteiger partial charge in [0.1, 0.15) is 10.6 Å². The highest BCUT2D eigenvalue weighted by Gasteiger charge is 2.21. The van der Waals surface area contributed by atoms with Gasteiger partial charge in [-0.05, 0) is 37.3 Å². The second kappa shape index (κ2) is 8.91. The van der Waals surface area contributed by atoms with Gasteiger partial charge < -0.3 is 14.6 Å². The van der Waals surface area contributed by atoms with Crippen LogP contribution in [0.3, 0.4) is 0 Å². The third kappa shape index (κ3) is 5.57. The first-order chi connectivity index (χ1) is 12.9. The van der Waals surface area contributed by atoms with Crippen LogP contribution in [0.1, 0.15) is 41.7 Å². The number of ether oxygens (including phenoxy) is 1. The third-order valence-electron chi connectivity index (χ3n) is 4.61. The van der Waals surface area contributed by atoms with Gasteiger partial charge in [-0.25, -0.2) is 8.42 Å². The lowest BCUT2D eigenvalue weighted by molar-refractivity contribution is 0.0117. The molecule has 0 radical (unpaired) electrons. The molecule has 1 fully saturated rings. The summed E-state index contributed by atoms with van der Waals surface area (Å²) in [5, 5.41) is 2.86. The van der Waals surface area contributed by atoms with Crippen molar-refractivity contribution >= 4 is 25.6 Å². The van der Waals surface area contributed by atoms with Crippen molar-refractivity contribution in [1.82, 2.24) is 9.88 Å². The molecule has 1 aromatic heterocycles. The molecule has 2 aromatic rings. The highest BCUT2D eigenvalue weighted by atomic mass is 35.7. The predicted octanol–water partition coefficient (Wildman–Crippen LogP) is 3.15. The molecule has 3 rings (SSSR count). The molecule has 146 valence electrons. The quantitative estimate of drug-likeness (QED) is 0.711. The first kappa shape index (κ1) is 19.9. The van der Waals surface area contributed by atoms with Crippen LogP contribution in [-0.2, 0) is 20.3 Å². The first-order valence-electron chi connectivity index (χ1n) is 9.02. The van der Waals surface area contributed by atoms with Crippen LogP contribution < -0.4 is 5.32 Å². The number of carbonyl (C=O) groups excluding carboxylic acids is 1. The van der Waals surface area contributed by atoms with Crippen LogP contribution in [0, 0.1) is 0 Å². The van der Waals surface area contributed by atoms with Crippen molar-refractivity contribution < 1.29 is 17.9 Å². The van der Waals surface area contributed by atoms with Gasteiger partial charge >= 0.3 is 0 Å². The number of halogens is 1. The van der Waals surface area contributed by atoms with E-state index in [1.54, 1.807) is 4.57 Å². The van der Waals surface area contributed by atoms with Crippen molar-refractivity contribution in [2.45, 2.75) is 43.2 Å². The number of amides is 1. The molecular weight excluding hydrogens is 388 g/mol. The molecule has 2 heterocycles. The van der Waals surface area contributed by atoms with E-state index in [4.69, 9.17) is 15.4 Å². The maximum atomic E-state index is 12.6. The van der Waals surface area contributed by atoms with E-state index >= 15 is 0 Å². The van der Waals surface area contributed by atoms with Crippen molar-refractivity contribution in [3.05, 3.63) is 53.9 Å². The Bertz CT molecular complexity index is 874. The van der Waals surface area contributed by atoms with Gasteiger partial charge in [-0.15, -0.1) is 0 Å². The molecule has 1 unspecified atom stereocenters. The molecule has 0 bridgehead atoms. The fourth-order valence-electron chi connectivity index (χ4n) is 3.19. The van der Waals surface area contributed by atoms with Crippen LogP contribution in [0.2, 0.25) is 0 Å². The number of aromatic nitrogens is 1. The minimum absolute atomic E-state index is 0.0825. The van der Waals surface area contributed by atoms with E-state index in [9.17, 15) is 13.2 Å². The lowest BCUT2D eigenvalue weighted by atomic mass is 10.1. The Balaban J connectivity index is 1.71. The van der Waals surface area contributed by atoms with Crippen LogP contribution in [0.15, 0.2) is 47.5 Å². The van der Waals surface area contributed by atoms with E-state index in [1.165, 1.54) is 12.3 Å². The Labute approximate surface area is 163 Å². The third-order valence-corrected chi connectivity index (χ3v) is 5.93. The van der Waals surface area contributed by atoms with Crippen molar-refractivity contribution in [3.63, 3.8) is 0 Å². The maximum absolute atomic E-state index is 12.6. The molecule has 0 spiro atoms. The molecule has 1 atom stereocenters. The minimum Gasteiger partial charge on any atom is -0.378 e. The van der Waals surface area contributed by atoms with E-state index in [1.807, 2.05) is 30.3 Å². The summed E-state index contributed by atoms with van der Waals surface area (Å²) in [6.07, 6.45) is 5.56. The van der Waals surface area contributed by atoms with Gasteiger partial charge in [-0.2, -0.15) is 0 Å². The second-order valence-electron chi connectivity index (χ2n) is 6.65. The molecule has 1 amide bonds. The summed E-state index contributed by atoms with van der Waals surface area (Å²) < 4.78 is 30.7. The van der Waals surface area contributed by atoms with Crippen LogP contribution in [0.4, 0.5) is 0 Å². The van der Waals surface area contributed by atoms with E-state index in [0.717, 1.165) is 37.9 Å². The Morgan fingerprint density at radius 2 is 2.04 bits per heavy atom. The first-order valence-corrected chi connectivity index (χ1v) is 11.3. The summed E-state index contributed by atoms with van der Waals surface area (Å²) in [4.78, 5) is 12.5. The van der Waals surface area contributed by atoms with E-state index in [2.05, 4.69) is 5.32 Å². The van der Waals surface area contributed by atoms with E-state index in [-0.39, 0.29) is 22.6 Å². The number of benzene rings is 1. The van der Waals surface area contributed by atoms with E-state index in [0.29, 0.717) is 13.1 Å². The van der Waals surface area contributed by atoms with Crippen LogP contribution >= 0.6 is 10.7 Å². The van der Waals surface area contributed by atoms with E-state index < -0.39 is 9.05 Å². The topological polar surface area (TPSA) is 77.4 Å². The minimum atomic E-state index is -3.92. The molecule has 27 heavy (non-hydrogen) atoms. The van der Waals surface area contributed by atoms with Crippen molar-refractivity contribution in [3.8, 4) is 0 Å². The van der Waals surface area contributed by atoms with Crippen molar-refractivity contribution in [1.29, 1.82) is 0 Å². The standard InChI is InChI=1S/C19H23ClN2O4S/c20-27(24,25)17-12-18(22(14-17)13-15-6-2-1-3-7-15)19(23)21-10-9-16-8-4-5-11-26-16/h1-3,6-7,12,14,16H,4-5,8-11,13H2,(H,21,23). The highest BCUT2D eigenvalue weighted by Crippen LogP contribution is 2.20. The summed E-state index contributed by atoms with van der Waals surface area (Å²) in [7, 11) is 1.55. The summed E-state index contributed by atoms with van der Waals surface area (Å²) in [5.41, 5.74) is 1.22. The summed E-state index contributed by atoms with van der Waals surface area (Å²) in [6.45, 7) is 1.63. The molecular formula is C19H23ClN2O4S. The largest absolute Gasteiger partial charge is 0.378 e. The zero-order chi connectivity index (χ0) is 19.3. The monoisotopic (exact) mass is 410 g/mol. The molecule has 8 heteroatoms. The van der Waals surface area contributed by atoms with Crippen LogP contribution in [0.25, 0.3) is 0 Å². The Hall–Kier alpha value is -1.83. The van der Waals surface area contributed by atoms with Crippen LogP contribution in [0.5, 0.6) is 0 Å². The summed E-state index contributed by atoms with van der Waals surface area (Å²) >= 11 is 0. The second-order valence-corrected chi connectivity index (χ2v) is 9.21. The Morgan fingerprint density at radius 1 is 1.26 bits per heavy atom. The lowest BCUT2D eigenvalue weighted by Crippen LogP contribution is -2.30. The molecule has 1 N–H and O–H groups in total. The van der Waals surface area contributed by atoms with Gasteiger partial charge in [0.2, 0.25) is 0 Å². The Morgan fingerprint density at radius 3 is 2.70 bits per heavy atom. The van der Waals surface area contributed by atoms with Crippen LogP contribution in [-0.4, -0.2) is 38.1 Å². The number of hydrogen-bond donors (Lipinski definition) is 1. The molecule has 0 saturated carbocycles.